The van der Waals surface area contributed by atoms with Gasteiger partial charge >= 0.3 is 0 Å². The number of pyridine rings is 1. The smallest absolute Gasteiger partial charge is 0.258 e. The molecule has 0 spiro atoms. The zero-order valence-electron chi connectivity index (χ0n) is 14.3. The fraction of sp³-hybridized carbons (Fsp3) is 0.412. The Kier molecular flexibility index (Phi) is 4.06. The van der Waals surface area contributed by atoms with Gasteiger partial charge in [0.1, 0.15) is 17.6 Å². The Morgan fingerprint density at radius 2 is 2.24 bits per heavy atom. The predicted octanol–water partition coefficient (Wildman–Crippen LogP) is 1.00. The maximum Gasteiger partial charge on any atom is 0.258 e. The van der Waals surface area contributed by atoms with Crippen LogP contribution in [0.5, 0.6) is 0 Å². The first-order valence-corrected chi connectivity index (χ1v) is 8.31. The molecule has 3 aromatic heterocycles. The molecule has 0 aromatic carbocycles. The number of aromatic amines is 1. The zero-order chi connectivity index (χ0) is 17.4. The van der Waals surface area contributed by atoms with Crippen LogP contribution in [0.2, 0.25) is 0 Å². The van der Waals surface area contributed by atoms with Gasteiger partial charge in [0.2, 0.25) is 0 Å². The van der Waals surface area contributed by atoms with Crippen LogP contribution < -0.4 is 5.56 Å². The van der Waals surface area contributed by atoms with E-state index in [1.807, 2.05) is 26.0 Å². The predicted molar refractivity (Wildman–Crippen MR) is 91.3 cm³/mol. The number of rotatable bonds is 3. The molecule has 1 aliphatic heterocycles. The minimum Gasteiger partial charge on any atom is -0.367 e. The molecule has 1 saturated heterocycles. The Bertz CT molecular complexity index is 963. The van der Waals surface area contributed by atoms with Gasteiger partial charge in [0, 0.05) is 31.9 Å². The molecule has 1 atom stereocenters. The summed E-state index contributed by atoms with van der Waals surface area (Å²) in [7, 11) is 0. The summed E-state index contributed by atoms with van der Waals surface area (Å²) in [6.45, 7) is 6.49. The molecule has 0 radical (unpaired) electrons. The van der Waals surface area contributed by atoms with Crippen LogP contribution >= 0.6 is 0 Å². The second-order valence-corrected chi connectivity index (χ2v) is 6.34. The molecule has 0 aliphatic carbocycles. The first-order chi connectivity index (χ1) is 12.1. The molecule has 1 aliphatic rings. The first kappa shape index (κ1) is 15.9. The summed E-state index contributed by atoms with van der Waals surface area (Å²) in [5, 5.41) is 7.04. The van der Waals surface area contributed by atoms with Gasteiger partial charge < -0.3 is 4.74 Å². The fourth-order valence-electron chi connectivity index (χ4n) is 3.13. The lowest BCUT2D eigenvalue weighted by atomic mass is 10.2. The van der Waals surface area contributed by atoms with Gasteiger partial charge in [0.15, 0.2) is 5.82 Å². The molecular formula is C17H20N6O2. The van der Waals surface area contributed by atoms with E-state index >= 15 is 0 Å². The zero-order valence-corrected chi connectivity index (χ0v) is 14.3. The highest BCUT2D eigenvalue weighted by molar-refractivity contribution is 5.46. The van der Waals surface area contributed by atoms with Crippen LogP contribution in [0.1, 0.15) is 29.0 Å². The fourth-order valence-corrected chi connectivity index (χ4v) is 3.13. The third-order valence-corrected chi connectivity index (χ3v) is 4.38. The van der Waals surface area contributed by atoms with E-state index in [4.69, 9.17) is 4.74 Å². The molecule has 8 nitrogen and oxygen atoms in total. The summed E-state index contributed by atoms with van der Waals surface area (Å²) < 4.78 is 7.37. The normalized spacial score (nSPS) is 18.7. The van der Waals surface area contributed by atoms with Crippen molar-refractivity contribution in [3.8, 4) is 0 Å². The van der Waals surface area contributed by atoms with Crippen LogP contribution in [-0.2, 0) is 11.3 Å². The molecule has 0 amide bonds. The van der Waals surface area contributed by atoms with E-state index < -0.39 is 0 Å². The molecule has 130 valence electrons. The van der Waals surface area contributed by atoms with Crippen molar-refractivity contribution in [3.05, 3.63) is 57.7 Å². The standard InChI is InChI=1S/C17H20N6O2/c1-11-4-3-5-23-15(24)8-13(19-17(11)23)9-22-6-7-25-14(10-22)16-18-12(2)20-21-16/h3-5,8,14H,6-7,9-10H2,1-2H3,(H,18,20,21)/t14-/m0/s1. The number of aromatic nitrogens is 5. The highest BCUT2D eigenvalue weighted by Crippen LogP contribution is 2.20. The van der Waals surface area contributed by atoms with Gasteiger partial charge in [-0.1, -0.05) is 6.07 Å². The second kappa shape index (κ2) is 6.38. The van der Waals surface area contributed by atoms with Gasteiger partial charge in [-0.2, -0.15) is 5.10 Å². The van der Waals surface area contributed by atoms with Crippen LogP contribution in [0.25, 0.3) is 5.65 Å². The van der Waals surface area contributed by atoms with Crippen molar-refractivity contribution in [1.29, 1.82) is 0 Å². The lowest BCUT2D eigenvalue weighted by molar-refractivity contribution is -0.0374. The Hall–Kier alpha value is -2.58. The molecule has 4 rings (SSSR count). The van der Waals surface area contributed by atoms with Crippen molar-refractivity contribution in [2.75, 3.05) is 19.7 Å². The molecule has 0 bridgehead atoms. The summed E-state index contributed by atoms with van der Waals surface area (Å²) in [4.78, 5) is 23.6. The maximum absolute atomic E-state index is 12.3. The minimum absolute atomic E-state index is 0.0573. The van der Waals surface area contributed by atoms with Crippen LogP contribution in [-0.4, -0.2) is 49.2 Å². The molecule has 25 heavy (non-hydrogen) atoms. The summed E-state index contributed by atoms with van der Waals surface area (Å²) in [6.07, 6.45) is 1.58. The number of H-pyrrole nitrogens is 1. The third-order valence-electron chi connectivity index (χ3n) is 4.38. The number of nitrogens with one attached hydrogen (secondary N) is 1. The monoisotopic (exact) mass is 340 g/mol. The van der Waals surface area contributed by atoms with E-state index in [0.717, 1.165) is 23.6 Å². The highest BCUT2D eigenvalue weighted by atomic mass is 16.5. The quantitative estimate of drug-likeness (QED) is 0.765. The van der Waals surface area contributed by atoms with Gasteiger partial charge in [-0.15, -0.1) is 0 Å². The highest BCUT2D eigenvalue weighted by Gasteiger charge is 2.25. The summed E-state index contributed by atoms with van der Waals surface area (Å²) >= 11 is 0. The molecule has 0 unspecified atom stereocenters. The van der Waals surface area contributed by atoms with Gasteiger partial charge in [0.05, 0.1) is 12.3 Å². The Balaban J connectivity index is 1.56. The van der Waals surface area contributed by atoms with Crippen LogP contribution in [0.3, 0.4) is 0 Å². The van der Waals surface area contributed by atoms with E-state index in [-0.39, 0.29) is 11.7 Å². The Labute approximate surface area is 144 Å². The largest absolute Gasteiger partial charge is 0.367 e. The molecule has 8 heteroatoms. The number of hydrogen-bond donors (Lipinski definition) is 1. The molecule has 1 N–H and O–H groups in total. The second-order valence-electron chi connectivity index (χ2n) is 6.34. The van der Waals surface area contributed by atoms with Crippen molar-refractivity contribution in [1.82, 2.24) is 29.5 Å². The van der Waals surface area contributed by atoms with E-state index in [1.54, 1.807) is 16.7 Å². The average molecular weight is 340 g/mol. The van der Waals surface area contributed by atoms with Crippen molar-refractivity contribution in [2.45, 2.75) is 26.5 Å². The Morgan fingerprint density at radius 1 is 1.36 bits per heavy atom. The summed E-state index contributed by atoms with van der Waals surface area (Å²) in [6, 6.07) is 5.42. The molecule has 1 fully saturated rings. The third kappa shape index (κ3) is 3.18. The van der Waals surface area contributed by atoms with E-state index in [0.29, 0.717) is 31.2 Å². The van der Waals surface area contributed by atoms with E-state index in [1.165, 1.54) is 0 Å². The number of nitrogens with zero attached hydrogens (tertiary/aromatic N) is 5. The average Bonchev–Trinajstić information content (AvgIpc) is 3.03. The van der Waals surface area contributed by atoms with Gasteiger partial charge in [-0.25, -0.2) is 9.97 Å². The van der Waals surface area contributed by atoms with Crippen molar-refractivity contribution < 1.29 is 4.74 Å². The minimum atomic E-state index is -0.165. The SMILES string of the molecule is Cc1nc([C@@H]2CN(Cc3cc(=O)n4cccc(C)c4n3)CCO2)n[nH]1. The number of morpholine rings is 1. The molecule has 3 aromatic rings. The van der Waals surface area contributed by atoms with Crippen LogP contribution in [0.4, 0.5) is 0 Å². The lowest BCUT2D eigenvalue weighted by Crippen LogP contribution is -2.38. The molecular weight excluding hydrogens is 320 g/mol. The first-order valence-electron chi connectivity index (χ1n) is 8.31. The molecule has 0 saturated carbocycles. The van der Waals surface area contributed by atoms with Crippen molar-refractivity contribution >= 4 is 5.65 Å². The number of aryl methyl sites for hydroxylation is 2. The van der Waals surface area contributed by atoms with Gasteiger partial charge in [-0.3, -0.25) is 19.2 Å². The number of ether oxygens (including phenoxy) is 1. The van der Waals surface area contributed by atoms with E-state index in [2.05, 4.69) is 25.1 Å². The summed E-state index contributed by atoms with van der Waals surface area (Å²) in [5.41, 5.74) is 2.40. The topological polar surface area (TPSA) is 88.4 Å². The van der Waals surface area contributed by atoms with Crippen LogP contribution in [0, 0.1) is 13.8 Å². The van der Waals surface area contributed by atoms with Gasteiger partial charge in [-0.05, 0) is 25.5 Å². The number of hydrogen-bond acceptors (Lipinski definition) is 6. The van der Waals surface area contributed by atoms with Crippen LogP contribution in [0.15, 0.2) is 29.2 Å². The van der Waals surface area contributed by atoms with Crippen molar-refractivity contribution in [3.63, 3.8) is 0 Å². The van der Waals surface area contributed by atoms with Gasteiger partial charge in [0.25, 0.3) is 5.56 Å². The van der Waals surface area contributed by atoms with Crippen molar-refractivity contribution in [2.24, 2.45) is 0 Å². The lowest BCUT2D eigenvalue weighted by Gasteiger charge is -2.31. The maximum atomic E-state index is 12.3. The Morgan fingerprint density at radius 3 is 3.04 bits per heavy atom. The number of fused-ring (bicyclic) bond motifs is 1. The van der Waals surface area contributed by atoms with E-state index in [9.17, 15) is 4.79 Å². The molecule has 4 heterocycles. The summed E-state index contributed by atoms with van der Waals surface area (Å²) in [5.74, 6) is 1.44.